The van der Waals surface area contributed by atoms with Crippen LogP contribution in [0.2, 0.25) is 0 Å². The SMILES string of the molecule is Cc1cc(-c2c[nH]c3ccccc23)nc(C(N)=O)n1. The van der Waals surface area contributed by atoms with E-state index in [-0.39, 0.29) is 5.82 Å². The number of aromatic amines is 1. The van der Waals surface area contributed by atoms with Crippen LogP contribution in [-0.4, -0.2) is 20.9 Å². The number of nitrogens with one attached hydrogen (secondary N) is 1. The van der Waals surface area contributed by atoms with Crippen LogP contribution in [-0.2, 0) is 0 Å². The number of hydrogen-bond donors (Lipinski definition) is 2. The van der Waals surface area contributed by atoms with E-state index in [4.69, 9.17) is 5.73 Å². The Kier molecular flexibility index (Phi) is 2.52. The number of aromatic nitrogens is 3. The van der Waals surface area contributed by atoms with Gasteiger partial charge in [-0.15, -0.1) is 0 Å². The fourth-order valence-electron chi connectivity index (χ4n) is 2.10. The van der Waals surface area contributed by atoms with Crippen LogP contribution < -0.4 is 5.73 Å². The Morgan fingerprint density at radius 3 is 2.84 bits per heavy atom. The van der Waals surface area contributed by atoms with Gasteiger partial charge in [-0.3, -0.25) is 4.79 Å². The molecule has 0 aliphatic heterocycles. The zero-order valence-electron chi connectivity index (χ0n) is 10.3. The Hall–Kier alpha value is -2.69. The van der Waals surface area contributed by atoms with Gasteiger partial charge in [-0.05, 0) is 19.1 Å². The Morgan fingerprint density at radius 2 is 2.05 bits per heavy atom. The second-order valence-electron chi connectivity index (χ2n) is 4.33. The third-order valence-electron chi connectivity index (χ3n) is 2.94. The lowest BCUT2D eigenvalue weighted by Gasteiger charge is -2.03. The second kappa shape index (κ2) is 4.20. The van der Waals surface area contributed by atoms with Crippen molar-refractivity contribution in [3.05, 3.63) is 48.0 Å². The smallest absolute Gasteiger partial charge is 0.286 e. The number of nitrogens with two attached hydrogens (primary N) is 1. The van der Waals surface area contributed by atoms with E-state index in [2.05, 4.69) is 15.0 Å². The van der Waals surface area contributed by atoms with Crippen molar-refractivity contribution in [1.82, 2.24) is 15.0 Å². The number of rotatable bonds is 2. The lowest BCUT2D eigenvalue weighted by atomic mass is 10.1. The van der Waals surface area contributed by atoms with Crippen LogP contribution in [0.25, 0.3) is 22.2 Å². The Balaban J connectivity index is 2.24. The van der Waals surface area contributed by atoms with Gasteiger partial charge in [-0.1, -0.05) is 18.2 Å². The maximum absolute atomic E-state index is 11.2. The maximum Gasteiger partial charge on any atom is 0.286 e. The summed E-state index contributed by atoms with van der Waals surface area (Å²) in [7, 11) is 0. The molecular weight excluding hydrogens is 240 g/mol. The zero-order valence-corrected chi connectivity index (χ0v) is 10.3. The van der Waals surface area contributed by atoms with Crippen molar-refractivity contribution in [3.63, 3.8) is 0 Å². The van der Waals surface area contributed by atoms with E-state index in [9.17, 15) is 4.79 Å². The van der Waals surface area contributed by atoms with Crippen molar-refractivity contribution in [3.8, 4) is 11.3 Å². The van der Waals surface area contributed by atoms with Crippen molar-refractivity contribution in [1.29, 1.82) is 0 Å². The summed E-state index contributed by atoms with van der Waals surface area (Å²) in [6.45, 7) is 1.81. The molecule has 0 bridgehead atoms. The predicted molar refractivity (Wildman–Crippen MR) is 72.6 cm³/mol. The van der Waals surface area contributed by atoms with Crippen molar-refractivity contribution < 1.29 is 4.79 Å². The van der Waals surface area contributed by atoms with Crippen LogP contribution in [0.4, 0.5) is 0 Å². The molecule has 0 aliphatic rings. The number of amides is 1. The first-order valence-corrected chi connectivity index (χ1v) is 5.87. The number of primary amides is 1. The van der Waals surface area contributed by atoms with Crippen molar-refractivity contribution in [2.75, 3.05) is 0 Å². The van der Waals surface area contributed by atoms with E-state index in [0.29, 0.717) is 11.4 Å². The number of carbonyl (C=O) groups is 1. The average Bonchev–Trinajstić information content (AvgIpc) is 2.81. The number of hydrogen-bond acceptors (Lipinski definition) is 3. The molecule has 0 fully saturated rings. The van der Waals surface area contributed by atoms with Crippen LogP contribution in [0.5, 0.6) is 0 Å². The van der Waals surface area contributed by atoms with E-state index >= 15 is 0 Å². The fourth-order valence-corrected chi connectivity index (χ4v) is 2.10. The highest BCUT2D eigenvalue weighted by atomic mass is 16.1. The highest BCUT2D eigenvalue weighted by Gasteiger charge is 2.11. The van der Waals surface area contributed by atoms with Crippen molar-refractivity contribution in [2.45, 2.75) is 6.92 Å². The summed E-state index contributed by atoms with van der Waals surface area (Å²) in [6.07, 6.45) is 1.87. The second-order valence-corrected chi connectivity index (χ2v) is 4.33. The minimum Gasteiger partial charge on any atom is -0.363 e. The number of benzene rings is 1. The number of carbonyl (C=O) groups excluding carboxylic acids is 1. The molecule has 3 rings (SSSR count). The van der Waals surface area contributed by atoms with Crippen LogP contribution in [0.1, 0.15) is 16.3 Å². The van der Waals surface area contributed by atoms with E-state index in [1.807, 2.05) is 43.5 Å². The van der Waals surface area contributed by atoms with E-state index in [1.54, 1.807) is 0 Å². The molecule has 0 radical (unpaired) electrons. The lowest BCUT2D eigenvalue weighted by molar-refractivity contribution is 0.0990. The molecule has 5 heteroatoms. The molecule has 1 amide bonds. The molecule has 1 aromatic carbocycles. The fraction of sp³-hybridized carbons (Fsp3) is 0.0714. The minimum absolute atomic E-state index is 0.0419. The first-order chi connectivity index (χ1) is 9.15. The van der Waals surface area contributed by atoms with Crippen LogP contribution >= 0.6 is 0 Å². The van der Waals surface area contributed by atoms with E-state index in [1.165, 1.54) is 0 Å². The van der Waals surface area contributed by atoms with Gasteiger partial charge in [0, 0.05) is 28.4 Å². The first kappa shape index (κ1) is 11.4. The summed E-state index contributed by atoms with van der Waals surface area (Å²) in [4.78, 5) is 22.7. The third-order valence-corrected chi connectivity index (χ3v) is 2.94. The molecule has 0 unspecified atom stereocenters. The lowest BCUT2D eigenvalue weighted by Crippen LogP contribution is -2.16. The van der Waals surface area contributed by atoms with Gasteiger partial charge >= 0.3 is 0 Å². The Labute approximate surface area is 109 Å². The van der Waals surface area contributed by atoms with E-state index < -0.39 is 5.91 Å². The summed E-state index contributed by atoms with van der Waals surface area (Å²) in [5.41, 5.74) is 8.61. The molecule has 0 spiro atoms. The molecule has 0 saturated heterocycles. The van der Waals surface area contributed by atoms with Crippen LogP contribution in [0.15, 0.2) is 36.5 Å². The van der Waals surface area contributed by atoms with Gasteiger partial charge in [-0.25, -0.2) is 9.97 Å². The Bertz CT molecular complexity index is 776. The molecule has 5 nitrogen and oxygen atoms in total. The number of aryl methyl sites for hydroxylation is 1. The standard InChI is InChI=1S/C14H12N4O/c1-8-6-12(18-14(17-8)13(15)19)10-7-16-11-5-3-2-4-9(10)11/h2-7,16H,1H3,(H2,15,19). The minimum atomic E-state index is -0.621. The molecule has 2 aromatic heterocycles. The quantitative estimate of drug-likeness (QED) is 0.731. The van der Waals surface area contributed by atoms with Gasteiger partial charge in [0.05, 0.1) is 5.69 Å². The first-order valence-electron chi connectivity index (χ1n) is 5.87. The van der Waals surface area contributed by atoms with Crippen LogP contribution in [0, 0.1) is 6.92 Å². The number of fused-ring (bicyclic) bond motifs is 1. The molecule has 19 heavy (non-hydrogen) atoms. The molecule has 3 aromatic rings. The molecule has 0 aliphatic carbocycles. The van der Waals surface area contributed by atoms with Crippen molar-refractivity contribution in [2.24, 2.45) is 5.73 Å². The van der Waals surface area contributed by atoms with Gasteiger partial charge in [-0.2, -0.15) is 0 Å². The summed E-state index contributed by atoms with van der Waals surface area (Å²) < 4.78 is 0. The molecular formula is C14H12N4O. The van der Waals surface area contributed by atoms with Gasteiger partial charge in [0.2, 0.25) is 5.82 Å². The normalized spacial score (nSPS) is 10.8. The summed E-state index contributed by atoms with van der Waals surface area (Å²) in [6, 6.07) is 9.75. The largest absolute Gasteiger partial charge is 0.363 e. The van der Waals surface area contributed by atoms with Gasteiger partial charge in [0.25, 0.3) is 5.91 Å². The predicted octanol–water partition coefficient (Wildman–Crippen LogP) is 2.03. The molecule has 2 heterocycles. The monoisotopic (exact) mass is 252 g/mol. The molecule has 0 atom stereocenters. The molecule has 3 N–H and O–H groups in total. The Morgan fingerprint density at radius 1 is 1.26 bits per heavy atom. The number of nitrogens with zero attached hydrogens (tertiary/aromatic N) is 2. The van der Waals surface area contributed by atoms with Crippen LogP contribution in [0.3, 0.4) is 0 Å². The van der Waals surface area contributed by atoms with E-state index in [0.717, 1.165) is 16.5 Å². The molecule has 0 saturated carbocycles. The topological polar surface area (TPSA) is 84.7 Å². The summed E-state index contributed by atoms with van der Waals surface area (Å²) >= 11 is 0. The highest BCUT2D eigenvalue weighted by molar-refractivity contribution is 5.95. The summed E-state index contributed by atoms with van der Waals surface area (Å²) in [5, 5.41) is 1.05. The number of para-hydroxylation sites is 1. The van der Waals surface area contributed by atoms with Gasteiger partial charge < -0.3 is 10.7 Å². The number of H-pyrrole nitrogens is 1. The highest BCUT2D eigenvalue weighted by Crippen LogP contribution is 2.27. The maximum atomic E-state index is 11.2. The van der Waals surface area contributed by atoms with Gasteiger partial charge in [0.1, 0.15) is 0 Å². The van der Waals surface area contributed by atoms with Gasteiger partial charge in [0.15, 0.2) is 0 Å². The zero-order chi connectivity index (χ0) is 13.4. The average molecular weight is 252 g/mol. The van der Waals surface area contributed by atoms with Crippen molar-refractivity contribution >= 4 is 16.8 Å². The molecule has 94 valence electrons. The third kappa shape index (κ3) is 1.95. The summed E-state index contributed by atoms with van der Waals surface area (Å²) in [5.74, 6) is -0.579.